The molecule has 0 fully saturated rings. The van der Waals surface area contributed by atoms with Gasteiger partial charge in [0.2, 0.25) is 9.84 Å². The summed E-state index contributed by atoms with van der Waals surface area (Å²) in [5, 5.41) is 0. The molecule has 0 saturated carbocycles. The van der Waals surface area contributed by atoms with E-state index in [1.165, 1.54) is 43.5 Å². The number of hydrogen-bond acceptors (Lipinski definition) is 3. The van der Waals surface area contributed by atoms with Crippen molar-refractivity contribution in [2.75, 3.05) is 7.11 Å². The van der Waals surface area contributed by atoms with E-state index < -0.39 is 15.7 Å². The maximum atomic E-state index is 13.7. The summed E-state index contributed by atoms with van der Waals surface area (Å²) in [6.45, 7) is 0. The van der Waals surface area contributed by atoms with Gasteiger partial charge in [0.25, 0.3) is 0 Å². The van der Waals surface area contributed by atoms with Crippen LogP contribution in [0.3, 0.4) is 0 Å². The highest BCUT2D eigenvalue weighted by Crippen LogP contribution is 2.26. The second kappa shape index (κ2) is 5.30. The lowest BCUT2D eigenvalue weighted by atomic mass is 10.3. The number of rotatable bonds is 3. The van der Waals surface area contributed by atoms with Crippen LogP contribution in [0.25, 0.3) is 0 Å². The Bertz CT molecular complexity index is 696. The van der Waals surface area contributed by atoms with E-state index in [0.29, 0.717) is 10.2 Å². The van der Waals surface area contributed by atoms with Gasteiger partial charge in [-0.2, -0.15) is 0 Å². The van der Waals surface area contributed by atoms with Crippen molar-refractivity contribution in [3.05, 3.63) is 52.8 Å². The molecule has 2 aromatic rings. The van der Waals surface area contributed by atoms with Gasteiger partial charge in [-0.15, -0.1) is 0 Å². The van der Waals surface area contributed by atoms with E-state index in [4.69, 9.17) is 4.74 Å². The normalized spacial score (nSPS) is 11.3. The Labute approximate surface area is 119 Å². The summed E-state index contributed by atoms with van der Waals surface area (Å²) >= 11 is 3.09. The first-order chi connectivity index (χ1) is 8.95. The molecule has 2 rings (SSSR count). The van der Waals surface area contributed by atoms with Crippen molar-refractivity contribution in [2.45, 2.75) is 9.79 Å². The van der Waals surface area contributed by atoms with E-state index in [0.717, 1.165) is 6.07 Å². The fourth-order valence-corrected chi connectivity index (χ4v) is 3.22. The molecule has 0 radical (unpaired) electrons. The zero-order valence-electron chi connectivity index (χ0n) is 9.93. The van der Waals surface area contributed by atoms with Crippen molar-refractivity contribution in [1.82, 2.24) is 0 Å². The van der Waals surface area contributed by atoms with Gasteiger partial charge in [-0.3, -0.25) is 0 Å². The van der Waals surface area contributed by atoms with Gasteiger partial charge in [-0.05, 0) is 42.5 Å². The van der Waals surface area contributed by atoms with Crippen molar-refractivity contribution in [3.63, 3.8) is 0 Å². The largest absolute Gasteiger partial charge is 0.497 e. The fourth-order valence-electron chi connectivity index (χ4n) is 1.57. The van der Waals surface area contributed by atoms with E-state index in [-0.39, 0.29) is 9.79 Å². The average Bonchev–Trinajstić information content (AvgIpc) is 2.38. The van der Waals surface area contributed by atoms with Crippen molar-refractivity contribution >= 4 is 25.8 Å². The Balaban J connectivity index is 2.52. The minimum absolute atomic E-state index is 0.0227. The Kier molecular flexibility index (Phi) is 3.91. The SMILES string of the molecule is COc1ccc(S(=O)(=O)c2ccc(Br)cc2F)cc1. The summed E-state index contributed by atoms with van der Waals surface area (Å²) in [5.41, 5.74) is 0. The minimum atomic E-state index is -3.86. The summed E-state index contributed by atoms with van der Waals surface area (Å²) in [5.74, 6) is -0.250. The third kappa shape index (κ3) is 2.79. The van der Waals surface area contributed by atoms with Gasteiger partial charge < -0.3 is 4.74 Å². The average molecular weight is 345 g/mol. The number of methoxy groups -OCH3 is 1. The molecule has 0 heterocycles. The maximum absolute atomic E-state index is 13.7. The molecule has 0 atom stereocenters. The summed E-state index contributed by atoms with van der Waals surface area (Å²) in [7, 11) is -2.38. The molecule has 0 unspecified atom stereocenters. The molecule has 0 amide bonds. The molecule has 2 aromatic carbocycles. The van der Waals surface area contributed by atoms with Gasteiger partial charge in [0.15, 0.2) is 0 Å². The third-order valence-electron chi connectivity index (χ3n) is 2.55. The molecule has 0 aliphatic heterocycles. The number of benzene rings is 2. The van der Waals surface area contributed by atoms with Crippen LogP contribution in [0.15, 0.2) is 56.7 Å². The Morgan fingerprint density at radius 3 is 2.26 bits per heavy atom. The maximum Gasteiger partial charge on any atom is 0.209 e. The molecular weight excluding hydrogens is 335 g/mol. The van der Waals surface area contributed by atoms with Crippen LogP contribution in [0.2, 0.25) is 0 Å². The van der Waals surface area contributed by atoms with Gasteiger partial charge in [0.1, 0.15) is 16.5 Å². The Morgan fingerprint density at radius 1 is 1.11 bits per heavy atom. The van der Waals surface area contributed by atoms with Crippen LogP contribution >= 0.6 is 15.9 Å². The van der Waals surface area contributed by atoms with Gasteiger partial charge >= 0.3 is 0 Å². The predicted molar refractivity (Wildman–Crippen MR) is 72.5 cm³/mol. The van der Waals surface area contributed by atoms with Gasteiger partial charge in [-0.25, -0.2) is 12.8 Å². The van der Waals surface area contributed by atoms with Crippen LogP contribution in [-0.2, 0) is 9.84 Å². The first-order valence-corrected chi connectivity index (χ1v) is 7.57. The van der Waals surface area contributed by atoms with Crippen molar-refractivity contribution in [1.29, 1.82) is 0 Å². The molecule has 6 heteroatoms. The van der Waals surface area contributed by atoms with Crippen molar-refractivity contribution in [3.8, 4) is 5.75 Å². The van der Waals surface area contributed by atoms with Crippen molar-refractivity contribution in [2.24, 2.45) is 0 Å². The quantitative estimate of drug-likeness (QED) is 0.856. The standard InChI is InChI=1S/C13H10BrFO3S/c1-18-10-3-5-11(6-4-10)19(16,17)13-7-2-9(14)8-12(13)15/h2-8H,1H3. The topological polar surface area (TPSA) is 43.4 Å². The highest BCUT2D eigenvalue weighted by atomic mass is 79.9. The van der Waals surface area contributed by atoms with Crippen LogP contribution in [0, 0.1) is 5.82 Å². The molecule has 0 spiro atoms. The molecule has 0 saturated heterocycles. The Morgan fingerprint density at radius 2 is 1.74 bits per heavy atom. The Hall–Kier alpha value is -1.40. The van der Waals surface area contributed by atoms with Crippen molar-refractivity contribution < 1.29 is 17.5 Å². The molecule has 0 bridgehead atoms. The zero-order valence-corrected chi connectivity index (χ0v) is 12.3. The van der Waals surface area contributed by atoms with Crippen LogP contribution in [0.1, 0.15) is 0 Å². The molecular formula is C13H10BrFO3S. The van der Waals surface area contributed by atoms with Crippen LogP contribution in [0.5, 0.6) is 5.75 Å². The second-order valence-electron chi connectivity index (χ2n) is 3.75. The lowest BCUT2D eigenvalue weighted by molar-refractivity contribution is 0.414. The molecule has 0 N–H and O–H groups in total. The van der Waals surface area contributed by atoms with E-state index in [1.807, 2.05) is 0 Å². The summed E-state index contributed by atoms with van der Waals surface area (Å²) < 4.78 is 43.7. The summed E-state index contributed by atoms with van der Waals surface area (Å²) in [6, 6.07) is 9.65. The van der Waals surface area contributed by atoms with Crippen LogP contribution in [-0.4, -0.2) is 15.5 Å². The highest BCUT2D eigenvalue weighted by molar-refractivity contribution is 9.10. The fraction of sp³-hybridized carbons (Fsp3) is 0.0769. The van der Waals surface area contributed by atoms with E-state index in [1.54, 1.807) is 0 Å². The van der Waals surface area contributed by atoms with Gasteiger partial charge in [0, 0.05) is 4.47 Å². The lowest BCUT2D eigenvalue weighted by Crippen LogP contribution is -2.04. The first kappa shape index (κ1) is 14.0. The summed E-state index contributed by atoms with van der Waals surface area (Å²) in [6.07, 6.45) is 0. The smallest absolute Gasteiger partial charge is 0.209 e. The monoisotopic (exact) mass is 344 g/mol. The molecule has 19 heavy (non-hydrogen) atoms. The third-order valence-corrected chi connectivity index (χ3v) is 4.85. The predicted octanol–water partition coefficient (Wildman–Crippen LogP) is 3.43. The first-order valence-electron chi connectivity index (χ1n) is 5.29. The number of ether oxygens (including phenoxy) is 1. The zero-order chi connectivity index (χ0) is 14.0. The van der Waals surface area contributed by atoms with Crippen LogP contribution < -0.4 is 4.74 Å². The van der Waals surface area contributed by atoms with Crippen LogP contribution in [0.4, 0.5) is 4.39 Å². The van der Waals surface area contributed by atoms with E-state index in [2.05, 4.69) is 15.9 Å². The molecule has 0 aromatic heterocycles. The minimum Gasteiger partial charge on any atom is -0.497 e. The van der Waals surface area contributed by atoms with Gasteiger partial charge in [0.05, 0.1) is 12.0 Å². The lowest BCUT2D eigenvalue weighted by Gasteiger charge is -2.07. The second-order valence-corrected chi connectivity index (χ2v) is 6.59. The highest BCUT2D eigenvalue weighted by Gasteiger charge is 2.21. The molecule has 3 nitrogen and oxygen atoms in total. The molecule has 100 valence electrons. The molecule has 0 aliphatic rings. The summed E-state index contributed by atoms with van der Waals surface area (Å²) in [4.78, 5) is -0.324. The molecule has 0 aliphatic carbocycles. The number of halogens is 2. The van der Waals surface area contributed by atoms with E-state index in [9.17, 15) is 12.8 Å². The number of sulfone groups is 1. The number of hydrogen-bond donors (Lipinski definition) is 0. The van der Waals surface area contributed by atoms with Gasteiger partial charge in [-0.1, -0.05) is 15.9 Å². The van der Waals surface area contributed by atoms with E-state index >= 15 is 0 Å².